The molecule has 1 heterocycles. The molecule has 0 bridgehead atoms. The molecule has 1 N–H and O–H groups in total. The van der Waals surface area contributed by atoms with Crippen molar-refractivity contribution in [3.63, 3.8) is 0 Å². The lowest BCUT2D eigenvalue weighted by molar-refractivity contribution is -0.137. The molecule has 36 heavy (non-hydrogen) atoms. The average Bonchev–Trinajstić information content (AvgIpc) is 3.27. The Morgan fingerprint density at radius 1 is 1.03 bits per heavy atom. The molecule has 0 unspecified atom stereocenters. The summed E-state index contributed by atoms with van der Waals surface area (Å²) in [4.78, 5) is 16.8. The number of amides is 1. The highest BCUT2D eigenvalue weighted by Crippen LogP contribution is 2.31. The Morgan fingerprint density at radius 3 is 2.33 bits per heavy atom. The SMILES string of the molecule is CC(C)COc1nc(-c2ccc(C(F)(F)F)cc2)n(-c2ccc(NC(=O)c3cccc(F)c3)cc2)n1. The third-order valence-electron chi connectivity index (χ3n) is 5.06. The molecule has 186 valence electrons. The lowest BCUT2D eigenvalue weighted by Gasteiger charge is -2.10. The largest absolute Gasteiger partial charge is 0.462 e. The summed E-state index contributed by atoms with van der Waals surface area (Å²) in [6, 6.07) is 16.6. The second-order valence-electron chi connectivity index (χ2n) is 8.42. The van der Waals surface area contributed by atoms with Crippen LogP contribution in [0.15, 0.2) is 72.8 Å². The van der Waals surface area contributed by atoms with Gasteiger partial charge in [0.1, 0.15) is 5.82 Å². The molecule has 0 atom stereocenters. The summed E-state index contributed by atoms with van der Waals surface area (Å²) in [7, 11) is 0. The molecule has 0 spiro atoms. The van der Waals surface area contributed by atoms with Gasteiger partial charge in [-0.15, -0.1) is 5.10 Å². The number of hydrogen-bond acceptors (Lipinski definition) is 4. The Morgan fingerprint density at radius 2 is 1.72 bits per heavy atom. The number of nitrogens with one attached hydrogen (secondary N) is 1. The van der Waals surface area contributed by atoms with E-state index in [2.05, 4.69) is 15.4 Å². The number of anilines is 1. The first-order valence-corrected chi connectivity index (χ1v) is 11.0. The molecular formula is C26H22F4N4O2. The predicted octanol–water partition coefficient (Wildman–Crippen LogP) is 6.38. The van der Waals surface area contributed by atoms with E-state index < -0.39 is 23.5 Å². The number of ether oxygens (including phenoxy) is 1. The molecule has 1 aromatic heterocycles. The van der Waals surface area contributed by atoms with Crippen LogP contribution in [0.3, 0.4) is 0 Å². The van der Waals surface area contributed by atoms with Crippen molar-refractivity contribution in [2.24, 2.45) is 5.92 Å². The number of carbonyl (C=O) groups is 1. The van der Waals surface area contributed by atoms with E-state index >= 15 is 0 Å². The van der Waals surface area contributed by atoms with Crippen LogP contribution < -0.4 is 10.1 Å². The van der Waals surface area contributed by atoms with E-state index in [1.807, 2.05) is 13.8 Å². The number of halogens is 4. The molecule has 0 aliphatic carbocycles. The molecule has 3 aromatic carbocycles. The maximum atomic E-state index is 13.4. The molecule has 10 heteroatoms. The van der Waals surface area contributed by atoms with Crippen LogP contribution in [-0.2, 0) is 6.18 Å². The summed E-state index contributed by atoms with van der Waals surface area (Å²) < 4.78 is 59.5. The van der Waals surface area contributed by atoms with E-state index in [-0.39, 0.29) is 17.5 Å². The summed E-state index contributed by atoms with van der Waals surface area (Å²) in [6.07, 6.45) is -4.45. The first-order chi connectivity index (χ1) is 17.1. The maximum absolute atomic E-state index is 13.4. The van der Waals surface area contributed by atoms with E-state index in [1.54, 1.807) is 24.3 Å². The van der Waals surface area contributed by atoms with E-state index in [0.29, 0.717) is 29.4 Å². The minimum Gasteiger partial charge on any atom is -0.462 e. The lowest BCUT2D eigenvalue weighted by Crippen LogP contribution is -2.12. The molecule has 1 amide bonds. The van der Waals surface area contributed by atoms with Crippen LogP contribution >= 0.6 is 0 Å². The van der Waals surface area contributed by atoms with Crippen LogP contribution in [0.5, 0.6) is 6.01 Å². The molecule has 4 rings (SSSR count). The van der Waals surface area contributed by atoms with Crippen LogP contribution in [0.4, 0.5) is 23.2 Å². The van der Waals surface area contributed by atoms with Crippen LogP contribution in [0.2, 0.25) is 0 Å². The fraction of sp³-hybridized carbons (Fsp3) is 0.192. The van der Waals surface area contributed by atoms with Crippen molar-refractivity contribution in [1.29, 1.82) is 0 Å². The summed E-state index contributed by atoms with van der Waals surface area (Å²) in [5.74, 6) is -0.486. The maximum Gasteiger partial charge on any atom is 0.416 e. The van der Waals surface area contributed by atoms with Gasteiger partial charge < -0.3 is 10.1 Å². The smallest absolute Gasteiger partial charge is 0.416 e. The van der Waals surface area contributed by atoms with Crippen molar-refractivity contribution in [1.82, 2.24) is 14.8 Å². The van der Waals surface area contributed by atoms with Crippen molar-refractivity contribution < 1.29 is 27.1 Å². The number of hydrogen-bond donors (Lipinski definition) is 1. The van der Waals surface area contributed by atoms with Gasteiger partial charge in [-0.05, 0) is 60.5 Å². The lowest BCUT2D eigenvalue weighted by atomic mass is 10.1. The Labute approximate surface area is 204 Å². The molecule has 0 saturated heterocycles. The predicted molar refractivity (Wildman–Crippen MR) is 126 cm³/mol. The summed E-state index contributed by atoms with van der Waals surface area (Å²) in [6.45, 7) is 4.29. The third kappa shape index (κ3) is 5.88. The highest BCUT2D eigenvalue weighted by atomic mass is 19.4. The van der Waals surface area contributed by atoms with Crippen molar-refractivity contribution in [3.05, 3.63) is 89.7 Å². The normalized spacial score (nSPS) is 11.5. The van der Waals surface area contributed by atoms with Gasteiger partial charge in [0, 0.05) is 16.8 Å². The fourth-order valence-corrected chi connectivity index (χ4v) is 3.29. The molecule has 0 aliphatic rings. The van der Waals surface area contributed by atoms with E-state index in [0.717, 1.165) is 18.2 Å². The minimum absolute atomic E-state index is 0.0853. The number of alkyl halides is 3. The first-order valence-electron chi connectivity index (χ1n) is 11.0. The number of aromatic nitrogens is 3. The molecule has 0 saturated carbocycles. The van der Waals surface area contributed by atoms with Crippen molar-refractivity contribution >= 4 is 11.6 Å². The Bertz CT molecular complexity index is 1350. The summed E-state index contributed by atoms with van der Waals surface area (Å²) in [5.41, 5.74) is 0.818. The van der Waals surface area contributed by atoms with Crippen LogP contribution in [0.25, 0.3) is 17.1 Å². The average molecular weight is 498 g/mol. The second kappa shape index (κ2) is 10.2. The van der Waals surface area contributed by atoms with Gasteiger partial charge in [0.2, 0.25) is 0 Å². The Hall–Kier alpha value is -4.21. The number of carbonyl (C=O) groups excluding carboxylic acids is 1. The van der Waals surface area contributed by atoms with Gasteiger partial charge in [0.05, 0.1) is 17.9 Å². The monoisotopic (exact) mass is 498 g/mol. The van der Waals surface area contributed by atoms with Gasteiger partial charge in [-0.3, -0.25) is 4.79 Å². The second-order valence-corrected chi connectivity index (χ2v) is 8.42. The van der Waals surface area contributed by atoms with Crippen LogP contribution in [-0.4, -0.2) is 27.3 Å². The van der Waals surface area contributed by atoms with Gasteiger partial charge in [-0.1, -0.05) is 32.0 Å². The zero-order valence-corrected chi connectivity index (χ0v) is 19.4. The number of nitrogens with zero attached hydrogens (tertiary/aromatic N) is 3. The van der Waals surface area contributed by atoms with Gasteiger partial charge in [-0.2, -0.15) is 18.2 Å². The van der Waals surface area contributed by atoms with Crippen LogP contribution in [0, 0.1) is 11.7 Å². The summed E-state index contributed by atoms with van der Waals surface area (Å²) in [5, 5.41) is 7.07. The fourth-order valence-electron chi connectivity index (χ4n) is 3.29. The zero-order valence-electron chi connectivity index (χ0n) is 19.4. The Balaban J connectivity index is 1.62. The molecule has 6 nitrogen and oxygen atoms in total. The topological polar surface area (TPSA) is 69.0 Å². The van der Waals surface area contributed by atoms with Crippen molar-refractivity contribution in [3.8, 4) is 23.1 Å². The summed E-state index contributed by atoms with van der Waals surface area (Å²) >= 11 is 0. The van der Waals surface area contributed by atoms with E-state index in [4.69, 9.17) is 4.74 Å². The molecule has 0 fully saturated rings. The zero-order chi connectivity index (χ0) is 25.9. The third-order valence-corrected chi connectivity index (χ3v) is 5.06. The highest BCUT2D eigenvalue weighted by molar-refractivity contribution is 6.04. The molecule has 4 aromatic rings. The first kappa shape index (κ1) is 24.9. The van der Waals surface area contributed by atoms with Crippen molar-refractivity contribution in [2.75, 3.05) is 11.9 Å². The highest BCUT2D eigenvalue weighted by Gasteiger charge is 2.30. The van der Waals surface area contributed by atoms with Gasteiger partial charge >= 0.3 is 12.2 Å². The van der Waals surface area contributed by atoms with Crippen LogP contribution in [0.1, 0.15) is 29.8 Å². The van der Waals surface area contributed by atoms with E-state index in [9.17, 15) is 22.4 Å². The quantitative estimate of drug-likeness (QED) is 0.300. The number of benzene rings is 3. The number of rotatable bonds is 7. The van der Waals surface area contributed by atoms with Gasteiger partial charge in [0.15, 0.2) is 5.82 Å². The van der Waals surface area contributed by atoms with E-state index in [1.165, 1.54) is 35.0 Å². The van der Waals surface area contributed by atoms with Crippen molar-refractivity contribution in [2.45, 2.75) is 20.0 Å². The minimum atomic E-state index is -4.45. The van der Waals surface area contributed by atoms with Gasteiger partial charge in [0.25, 0.3) is 5.91 Å². The standard InChI is InChI=1S/C26H22F4N4O2/c1-16(2)15-36-25-32-23(17-6-8-19(9-7-17)26(28,29)30)34(33-25)22-12-10-21(11-13-22)31-24(35)18-4-3-5-20(27)14-18/h3-14,16H,15H2,1-2H3,(H,31,35). The molecular weight excluding hydrogens is 476 g/mol. The molecule has 0 radical (unpaired) electrons. The van der Waals surface area contributed by atoms with Gasteiger partial charge in [-0.25, -0.2) is 9.07 Å². The molecule has 0 aliphatic heterocycles. The Kier molecular flexibility index (Phi) is 7.05.